The average Bonchev–Trinajstić information content (AvgIpc) is 2.76. The van der Waals surface area contributed by atoms with Gasteiger partial charge in [0.2, 0.25) is 0 Å². The molecule has 0 aliphatic carbocycles. The predicted molar refractivity (Wildman–Crippen MR) is 88.3 cm³/mol. The standard InChI is InChI=1S/C17H16N2OS/c1-12-7-9-14(10-8-12)19-16(20)15(18-17(19)21)11-13-5-3-2-4-6-13/h2-10,15H,11H2,1H3,(H,18,21)/t15-/m0/s1. The van der Waals surface area contributed by atoms with Crippen molar-refractivity contribution < 1.29 is 4.79 Å². The molecule has 1 fully saturated rings. The van der Waals surface area contributed by atoms with Crippen LogP contribution in [0.25, 0.3) is 0 Å². The van der Waals surface area contributed by atoms with Gasteiger partial charge in [0.1, 0.15) is 6.04 Å². The minimum Gasteiger partial charge on any atom is -0.350 e. The largest absolute Gasteiger partial charge is 0.350 e. The maximum Gasteiger partial charge on any atom is 0.256 e. The van der Waals surface area contributed by atoms with E-state index in [1.807, 2.05) is 61.5 Å². The molecule has 4 heteroatoms. The Balaban J connectivity index is 1.80. The van der Waals surface area contributed by atoms with E-state index in [2.05, 4.69) is 5.32 Å². The Hall–Kier alpha value is -2.20. The van der Waals surface area contributed by atoms with Gasteiger partial charge < -0.3 is 5.32 Å². The number of anilines is 1. The molecule has 2 aromatic rings. The molecule has 0 spiro atoms. The first kappa shape index (κ1) is 13.8. The minimum absolute atomic E-state index is 0.00714. The van der Waals surface area contributed by atoms with Gasteiger partial charge in [0.25, 0.3) is 5.91 Å². The average molecular weight is 296 g/mol. The summed E-state index contributed by atoms with van der Waals surface area (Å²) in [7, 11) is 0. The molecule has 1 aliphatic heterocycles. The van der Waals surface area contributed by atoms with Crippen LogP contribution in [0, 0.1) is 6.92 Å². The summed E-state index contributed by atoms with van der Waals surface area (Å²) in [6.45, 7) is 2.02. The number of benzene rings is 2. The zero-order chi connectivity index (χ0) is 14.8. The summed E-state index contributed by atoms with van der Waals surface area (Å²) in [4.78, 5) is 14.2. The van der Waals surface area contributed by atoms with Crippen LogP contribution in [0.2, 0.25) is 0 Å². The molecule has 1 saturated heterocycles. The highest BCUT2D eigenvalue weighted by atomic mass is 32.1. The number of nitrogens with zero attached hydrogens (tertiary/aromatic N) is 1. The third-order valence-electron chi connectivity index (χ3n) is 3.59. The smallest absolute Gasteiger partial charge is 0.256 e. The van der Waals surface area contributed by atoms with Crippen LogP contribution in [0.15, 0.2) is 54.6 Å². The number of hydrogen-bond donors (Lipinski definition) is 1. The summed E-state index contributed by atoms with van der Waals surface area (Å²) in [5.41, 5.74) is 3.10. The van der Waals surface area contributed by atoms with Crippen molar-refractivity contribution in [1.82, 2.24) is 5.32 Å². The van der Waals surface area contributed by atoms with Crippen molar-refractivity contribution in [2.24, 2.45) is 0 Å². The number of carbonyl (C=O) groups is 1. The number of amides is 1. The monoisotopic (exact) mass is 296 g/mol. The first-order valence-corrected chi connectivity index (χ1v) is 7.31. The lowest BCUT2D eigenvalue weighted by atomic mass is 10.1. The van der Waals surface area contributed by atoms with Crippen molar-refractivity contribution in [3.63, 3.8) is 0 Å². The molecule has 106 valence electrons. The number of rotatable bonds is 3. The van der Waals surface area contributed by atoms with E-state index >= 15 is 0 Å². The molecule has 1 atom stereocenters. The van der Waals surface area contributed by atoms with Crippen LogP contribution < -0.4 is 10.2 Å². The molecule has 0 bridgehead atoms. The molecular formula is C17H16N2OS. The lowest BCUT2D eigenvalue weighted by Crippen LogP contribution is -2.32. The van der Waals surface area contributed by atoms with E-state index < -0.39 is 0 Å². The normalized spacial score (nSPS) is 18.0. The van der Waals surface area contributed by atoms with Crippen molar-refractivity contribution in [2.45, 2.75) is 19.4 Å². The van der Waals surface area contributed by atoms with Crippen molar-refractivity contribution in [1.29, 1.82) is 0 Å². The molecule has 0 aromatic heterocycles. The number of nitrogens with one attached hydrogen (secondary N) is 1. The second-order valence-electron chi connectivity index (χ2n) is 5.20. The van der Waals surface area contributed by atoms with Gasteiger partial charge in [-0.3, -0.25) is 9.69 Å². The van der Waals surface area contributed by atoms with Gasteiger partial charge in [0, 0.05) is 6.42 Å². The van der Waals surface area contributed by atoms with Crippen molar-refractivity contribution in [3.8, 4) is 0 Å². The molecule has 0 radical (unpaired) electrons. The van der Waals surface area contributed by atoms with Gasteiger partial charge in [-0.25, -0.2) is 0 Å². The summed E-state index contributed by atoms with van der Waals surface area (Å²) in [5.74, 6) is 0.00714. The highest BCUT2D eigenvalue weighted by molar-refractivity contribution is 7.80. The first-order chi connectivity index (χ1) is 10.1. The Kier molecular flexibility index (Phi) is 3.71. The van der Waals surface area contributed by atoms with E-state index in [1.165, 1.54) is 0 Å². The Morgan fingerprint density at radius 3 is 2.43 bits per heavy atom. The van der Waals surface area contributed by atoms with Crippen molar-refractivity contribution >= 4 is 28.9 Å². The zero-order valence-electron chi connectivity index (χ0n) is 11.7. The van der Waals surface area contributed by atoms with Crippen LogP contribution >= 0.6 is 12.2 Å². The lowest BCUT2D eigenvalue weighted by molar-refractivity contribution is -0.118. The molecule has 0 unspecified atom stereocenters. The molecule has 2 aromatic carbocycles. The Morgan fingerprint density at radius 2 is 1.76 bits per heavy atom. The number of hydrogen-bond acceptors (Lipinski definition) is 2. The first-order valence-electron chi connectivity index (χ1n) is 6.90. The topological polar surface area (TPSA) is 32.3 Å². The van der Waals surface area contributed by atoms with E-state index in [1.54, 1.807) is 4.90 Å². The molecule has 1 heterocycles. The maximum atomic E-state index is 12.6. The fourth-order valence-corrected chi connectivity index (χ4v) is 2.80. The molecule has 3 rings (SSSR count). The van der Waals surface area contributed by atoms with Gasteiger partial charge in [-0.15, -0.1) is 0 Å². The Labute approximate surface area is 129 Å². The zero-order valence-corrected chi connectivity index (χ0v) is 12.6. The predicted octanol–water partition coefficient (Wildman–Crippen LogP) is 2.83. The second kappa shape index (κ2) is 5.66. The molecule has 1 amide bonds. The molecule has 1 N–H and O–H groups in total. The van der Waals surface area contributed by atoms with Gasteiger partial charge in [-0.1, -0.05) is 48.0 Å². The lowest BCUT2D eigenvalue weighted by Gasteiger charge is -2.15. The maximum absolute atomic E-state index is 12.6. The molecule has 3 nitrogen and oxygen atoms in total. The molecule has 1 aliphatic rings. The van der Waals surface area contributed by atoms with Crippen LogP contribution in [0.3, 0.4) is 0 Å². The highest BCUT2D eigenvalue weighted by Crippen LogP contribution is 2.21. The number of aryl methyl sites for hydroxylation is 1. The summed E-state index contributed by atoms with van der Waals surface area (Å²) < 4.78 is 0. The molecule has 21 heavy (non-hydrogen) atoms. The van der Waals surface area contributed by atoms with E-state index in [-0.39, 0.29) is 11.9 Å². The van der Waals surface area contributed by atoms with E-state index in [4.69, 9.17) is 12.2 Å². The van der Waals surface area contributed by atoms with E-state index in [0.29, 0.717) is 11.5 Å². The van der Waals surface area contributed by atoms with Gasteiger partial charge in [0.15, 0.2) is 5.11 Å². The van der Waals surface area contributed by atoms with Gasteiger partial charge in [-0.2, -0.15) is 0 Å². The fourth-order valence-electron chi connectivity index (χ4n) is 2.46. The SMILES string of the molecule is Cc1ccc(N2C(=O)[C@H](Cc3ccccc3)NC2=S)cc1. The van der Waals surface area contributed by atoms with Crippen molar-refractivity contribution in [2.75, 3.05) is 4.90 Å². The summed E-state index contributed by atoms with van der Waals surface area (Å²) in [6, 6.07) is 17.5. The van der Waals surface area contributed by atoms with E-state index in [9.17, 15) is 4.79 Å². The highest BCUT2D eigenvalue weighted by Gasteiger charge is 2.36. The molecule has 0 saturated carbocycles. The summed E-state index contributed by atoms with van der Waals surface area (Å²) in [6.07, 6.45) is 0.641. The van der Waals surface area contributed by atoms with Gasteiger partial charge >= 0.3 is 0 Å². The Bertz CT molecular complexity index is 667. The van der Waals surface area contributed by atoms with Crippen LogP contribution in [0.5, 0.6) is 0 Å². The van der Waals surface area contributed by atoms with E-state index in [0.717, 1.165) is 16.8 Å². The van der Waals surface area contributed by atoms with Crippen LogP contribution in [-0.4, -0.2) is 17.1 Å². The van der Waals surface area contributed by atoms with Gasteiger partial charge in [-0.05, 0) is 36.8 Å². The molecular weight excluding hydrogens is 280 g/mol. The quantitative estimate of drug-likeness (QED) is 0.884. The fraction of sp³-hybridized carbons (Fsp3) is 0.176. The Morgan fingerprint density at radius 1 is 1.10 bits per heavy atom. The van der Waals surface area contributed by atoms with Crippen LogP contribution in [0.4, 0.5) is 5.69 Å². The second-order valence-corrected chi connectivity index (χ2v) is 5.59. The number of carbonyl (C=O) groups excluding carboxylic acids is 1. The van der Waals surface area contributed by atoms with Crippen molar-refractivity contribution in [3.05, 3.63) is 65.7 Å². The van der Waals surface area contributed by atoms with Crippen LogP contribution in [-0.2, 0) is 11.2 Å². The summed E-state index contributed by atoms with van der Waals surface area (Å²) in [5, 5.41) is 3.60. The van der Waals surface area contributed by atoms with Crippen LogP contribution in [0.1, 0.15) is 11.1 Å². The third-order valence-corrected chi connectivity index (χ3v) is 3.89. The van der Waals surface area contributed by atoms with Gasteiger partial charge in [0.05, 0.1) is 5.69 Å². The third kappa shape index (κ3) is 2.81. The number of thiocarbonyl (C=S) groups is 1. The minimum atomic E-state index is -0.291. The summed E-state index contributed by atoms with van der Waals surface area (Å²) >= 11 is 5.32.